The molecule has 0 aliphatic carbocycles. The molecule has 3 atom stereocenters. The molecule has 0 radical (unpaired) electrons. The maximum atomic E-state index is 5.72. The van der Waals surface area contributed by atoms with Gasteiger partial charge in [0.05, 0.1) is 6.10 Å². The summed E-state index contributed by atoms with van der Waals surface area (Å²) in [5.74, 6) is 1.35. The lowest BCUT2D eigenvalue weighted by Gasteiger charge is -2.34. The number of rotatable bonds is 7. The highest BCUT2D eigenvalue weighted by Crippen LogP contribution is 2.41. The summed E-state index contributed by atoms with van der Waals surface area (Å²) in [6.07, 6.45) is 9.81. The van der Waals surface area contributed by atoms with Crippen LogP contribution in [0.3, 0.4) is 0 Å². The summed E-state index contributed by atoms with van der Waals surface area (Å²) in [5.41, 5.74) is 0. The van der Waals surface area contributed by atoms with E-state index in [0.29, 0.717) is 16.9 Å². The fourth-order valence-corrected chi connectivity index (χ4v) is 4.81. The van der Waals surface area contributed by atoms with Crippen LogP contribution < -0.4 is 5.32 Å². The van der Waals surface area contributed by atoms with E-state index in [-0.39, 0.29) is 0 Å². The number of hydrogen-bond acceptors (Lipinski definition) is 3. The molecular formula is C15H29NOS. The standard InChI is InChI=1S/C15H29NOS/c1-3-16-14(15(2)10-6-12-18-15)9-4-7-13-8-5-11-17-13/h13-14,16H,3-12H2,1-2H3. The van der Waals surface area contributed by atoms with E-state index in [1.807, 2.05) is 0 Å². The average molecular weight is 271 g/mol. The van der Waals surface area contributed by atoms with Crippen LogP contribution in [0.2, 0.25) is 0 Å². The first kappa shape index (κ1) is 14.7. The minimum Gasteiger partial charge on any atom is -0.378 e. The van der Waals surface area contributed by atoms with E-state index in [1.165, 1.54) is 50.7 Å². The molecule has 3 heteroatoms. The van der Waals surface area contributed by atoms with Crippen LogP contribution in [0.15, 0.2) is 0 Å². The number of ether oxygens (including phenoxy) is 1. The van der Waals surface area contributed by atoms with Gasteiger partial charge in [-0.3, -0.25) is 0 Å². The lowest BCUT2D eigenvalue weighted by atomic mass is 9.91. The molecule has 0 amide bonds. The van der Waals surface area contributed by atoms with Crippen molar-refractivity contribution >= 4 is 11.8 Å². The summed E-state index contributed by atoms with van der Waals surface area (Å²) in [6.45, 7) is 6.79. The molecule has 0 aromatic rings. The molecule has 2 aliphatic heterocycles. The number of hydrogen-bond donors (Lipinski definition) is 1. The summed E-state index contributed by atoms with van der Waals surface area (Å²) in [5, 5.41) is 3.73. The summed E-state index contributed by atoms with van der Waals surface area (Å²) in [4.78, 5) is 0. The summed E-state index contributed by atoms with van der Waals surface area (Å²) in [7, 11) is 0. The van der Waals surface area contributed by atoms with Gasteiger partial charge in [0.25, 0.3) is 0 Å². The second-order valence-electron chi connectivity index (χ2n) is 5.94. The minimum absolute atomic E-state index is 0.479. The molecule has 18 heavy (non-hydrogen) atoms. The highest BCUT2D eigenvalue weighted by Gasteiger charge is 2.37. The molecule has 0 saturated carbocycles. The lowest BCUT2D eigenvalue weighted by molar-refractivity contribution is 0.101. The molecule has 1 N–H and O–H groups in total. The first-order chi connectivity index (χ1) is 8.74. The van der Waals surface area contributed by atoms with Crippen molar-refractivity contribution < 1.29 is 4.74 Å². The van der Waals surface area contributed by atoms with Crippen LogP contribution in [0.5, 0.6) is 0 Å². The fourth-order valence-electron chi connectivity index (χ4n) is 3.37. The van der Waals surface area contributed by atoms with Crippen molar-refractivity contribution in [1.82, 2.24) is 5.32 Å². The molecule has 106 valence electrons. The van der Waals surface area contributed by atoms with Crippen LogP contribution in [0, 0.1) is 0 Å². The van der Waals surface area contributed by atoms with Gasteiger partial charge in [-0.1, -0.05) is 6.92 Å². The molecule has 3 unspecified atom stereocenters. The molecule has 2 heterocycles. The molecule has 0 spiro atoms. The first-order valence-electron chi connectivity index (χ1n) is 7.73. The van der Waals surface area contributed by atoms with E-state index >= 15 is 0 Å². The molecule has 0 aromatic carbocycles. The summed E-state index contributed by atoms with van der Waals surface area (Å²) >= 11 is 2.18. The molecule has 2 rings (SSSR count). The van der Waals surface area contributed by atoms with Crippen molar-refractivity contribution in [3.05, 3.63) is 0 Å². The fraction of sp³-hybridized carbons (Fsp3) is 1.00. The van der Waals surface area contributed by atoms with Gasteiger partial charge < -0.3 is 10.1 Å². The van der Waals surface area contributed by atoms with Gasteiger partial charge in [-0.2, -0.15) is 11.8 Å². The van der Waals surface area contributed by atoms with Gasteiger partial charge in [0, 0.05) is 17.4 Å². The Morgan fingerprint density at radius 3 is 2.94 bits per heavy atom. The third-order valence-electron chi connectivity index (χ3n) is 4.48. The lowest BCUT2D eigenvalue weighted by Crippen LogP contribution is -2.45. The minimum atomic E-state index is 0.479. The van der Waals surface area contributed by atoms with Crippen molar-refractivity contribution in [3.8, 4) is 0 Å². The van der Waals surface area contributed by atoms with Gasteiger partial charge in [0.1, 0.15) is 0 Å². The van der Waals surface area contributed by atoms with Crippen LogP contribution in [0.1, 0.15) is 58.8 Å². The van der Waals surface area contributed by atoms with Crippen molar-refractivity contribution in [2.45, 2.75) is 75.7 Å². The summed E-state index contributed by atoms with van der Waals surface area (Å²) in [6, 6.07) is 0.691. The van der Waals surface area contributed by atoms with Gasteiger partial charge in [-0.15, -0.1) is 0 Å². The Labute approximate surface area is 117 Å². The highest BCUT2D eigenvalue weighted by molar-refractivity contribution is 8.00. The zero-order valence-corrected chi connectivity index (χ0v) is 12.9. The van der Waals surface area contributed by atoms with Crippen molar-refractivity contribution in [2.75, 3.05) is 18.9 Å². The Morgan fingerprint density at radius 1 is 1.44 bits per heavy atom. The highest BCUT2D eigenvalue weighted by atomic mass is 32.2. The van der Waals surface area contributed by atoms with Gasteiger partial charge in [-0.25, -0.2) is 0 Å². The van der Waals surface area contributed by atoms with Crippen LogP contribution in [-0.2, 0) is 4.74 Å². The predicted molar refractivity (Wildman–Crippen MR) is 80.4 cm³/mol. The van der Waals surface area contributed by atoms with Crippen molar-refractivity contribution in [1.29, 1.82) is 0 Å². The zero-order valence-electron chi connectivity index (χ0n) is 12.0. The third kappa shape index (κ3) is 3.88. The molecule has 2 nitrogen and oxygen atoms in total. The van der Waals surface area contributed by atoms with E-state index in [2.05, 4.69) is 30.9 Å². The first-order valence-corrected chi connectivity index (χ1v) is 8.72. The quantitative estimate of drug-likeness (QED) is 0.764. The second kappa shape index (κ2) is 7.16. The number of nitrogens with one attached hydrogen (secondary N) is 1. The SMILES string of the molecule is CCNC(CCCC1CCCO1)C1(C)CCCS1. The van der Waals surface area contributed by atoms with Gasteiger partial charge in [0.2, 0.25) is 0 Å². The van der Waals surface area contributed by atoms with Crippen molar-refractivity contribution in [3.63, 3.8) is 0 Å². The van der Waals surface area contributed by atoms with E-state index in [0.717, 1.165) is 13.2 Å². The van der Waals surface area contributed by atoms with Crippen LogP contribution >= 0.6 is 11.8 Å². The Hall–Kier alpha value is 0.270. The average Bonchev–Trinajstić information content (AvgIpc) is 3.00. The zero-order chi connectivity index (χ0) is 12.8. The van der Waals surface area contributed by atoms with Crippen LogP contribution in [-0.4, -0.2) is 35.8 Å². The molecule has 2 saturated heterocycles. The predicted octanol–water partition coefficient (Wildman–Crippen LogP) is 3.60. The maximum absolute atomic E-state index is 5.72. The molecular weight excluding hydrogens is 242 g/mol. The Balaban J connectivity index is 1.74. The largest absolute Gasteiger partial charge is 0.378 e. The number of thioether (sulfide) groups is 1. The van der Waals surface area contributed by atoms with Crippen LogP contribution in [0.4, 0.5) is 0 Å². The molecule has 2 aliphatic rings. The topological polar surface area (TPSA) is 21.3 Å². The van der Waals surface area contributed by atoms with Gasteiger partial charge in [-0.05, 0) is 64.2 Å². The van der Waals surface area contributed by atoms with Crippen molar-refractivity contribution in [2.24, 2.45) is 0 Å². The van der Waals surface area contributed by atoms with Gasteiger partial charge >= 0.3 is 0 Å². The summed E-state index contributed by atoms with van der Waals surface area (Å²) < 4.78 is 6.20. The molecule has 2 fully saturated rings. The Bertz CT molecular complexity index is 235. The van der Waals surface area contributed by atoms with Gasteiger partial charge in [0.15, 0.2) is 0 Å². The van der Waals surface area contributed by atoms with E-state index in [1.54, 1.807) is 0 Å². The maximum Gasteiger partial charge on any atom is 0.0576 e. The van der Waals surface area contributed by atoms with E-state index in [4.69, 9.17) is 4.74 Å². The Kier molecular flexibility index (Phi) is 5.84. The van der Waals surface area contributed by atoms with E-state index in [9.17, 15) is 0 Å². The third-order valence-corrected chi connectivity index (χ3v) is 6.12. The van der Waals surface area contributed by atoms with Crippen LogP contribution in [0.25, 0.3) is 0 Å². The Morgan fingerprint density at radius 2 is 2.33 bits per heavy atom. The molecule has 0 aromatic heterocycles. The smallest absolute Gasteiger partial charge is 0.0576 e. The second-order valence-corrected chi connectivity index (χ2v) is 7.57. The normalized spacial score (nSPS) is 34.0. The monoisotopic (exact) mass is 271 g/mol. The molecule has 0 bridgehead atoms. The van der Waals surface area contributed by atoms with E-state index < -0.39 is 0 Å².